The molecule has 0 aliphatic heterocycles. The standard InChI is InChI=1S/C22H23N9O2/c1-13-11-25-21(29-28-13)27-15-6-5-14(10-15)26-18-8-7-16(12-24-18)31-20(32)17-4-3-9-23-19(17)30(2)22(31)33/h3-4,7-9,11-12,14-15H,5-6,10H2,1-2H3,(H,24,26)(H,25,27,29)/t14-,15?/m0/s1. The van der Waals surface area contributed by atoms with Gasteiger partial charge in [0.15, 0.2) is 0 Å². The summed E-state index contributed by atoms with van der Waals surface area (Å²) in [7, 11) is 1.60. The van der Waals surface area contributed by atoms with Gasteiger partial charge < -0.3 is 10.6 Å². The molecule has 4 aromatic heterocycles. The zero-order valence-corrected chi connectivity index (χ0v) is 18.3. The van der Waals surface area contributed by atoms with Gasteiger partial charge in [-0.2, -0.15) is 5.10 Å². The van der Waals surface area contributed by atoms with Gasteiger partial charge in [-0.1, -0.05) is 0 Å². The Kier molecular flexibility index (Phi) is 5.29. The Morgan fingerprint density at radius 3 is 2.52 bits per heavy atom. The zero-order valence-electron chi connectivity index (χ0n) is 18.3. The number of fused-ring (bicyclic) bond motifs is 1. The molecule has 1 saturated carbocycles. The zero-order chi connectivity index (χ0) is 22.9. The minimum Gasteiger partial charge on any atom is -0.367 e. The minimum absolute atomic E-state index is 0.238. The highest BCUT2D eigenvalue weighted by molar-refractivity contribution is 5.73. The Bertz CT molecular complexity index is 1410. The molecule has 0 saturated heterocycles. The van der Waals surface area contributed by atoms with Crippen molar-refractivity contribution in [1.82, 2.24) is 34.3 Å². The van der Waals surface area contributed by atoms with Gasteiger partial charge in [-0.3, -0.25) is 9.36 Å². The Morgan fingerprint density at radius 1 is 0.970 bits per heavy atom. The average Bonchev–Trinajstić information content (AvgIpc) is 3.27. The molecule has 1 unspecified atom stereocenters. The molecule has 2 N–H and O–H groups in total. The maximum absolute atomic E-state index is 12.9. The summed E-state index contributed by atoms with van der Waals surface area (Å²) >= 11 is 0. The monoisotopic (exact) mass is 445 g/mol. The fourth-order valence-corrected chi connectivity index (χ4v) is 4.14. The van der Waals surface area contributed by atoms with Crippen LogP contribution < -0.4 is 21.9 Å². The van der Waals surface area contributed by atoms with Crippen molar-refractivity contribution in [3.05, 3.63) is 69.4 Å². The van der Waals surface area contributed by atoms with Crippen molar-refractivity contribution in [3.8, 4) is 5.69 Å². The molecular formula is C22H23N9O2. The van der Waals surface area contributed by atoms with Crippen LogP contribution in [0.4, 0.5) is 11.8 Å². The van der Waals surface area contributed by atoms with E-state index >= 15 is 0 Å². The lowest BCUT2D eigenvalue weighted by atomic mass is 10.2. The van der Waals surface area contributed by atoms with Gasteiger partial charge in [-0.25, -0.2) is 24.3 Å². The molecule has 5 rings (SSSR count). The van der Waals surface area contributed by atoms with Crippen molar-refractivity contribution < 1.29 is 0 Å². The lowest BCUT2D eigenvalue weighted by Crippen LogP contribution is -2.38. The molecule has 168 valence electrons. The smallest absolute Gasteiger partial charge is 0.337 e. The molecule has 1 aliphatic rings. The normalized spacial score (nSPS) is 17.9. The fraction of sp³-hybridized carbons (Fsp3) is 0.318. The van der Waals surface area contributed by atoms with Crippen LogP contribution in [0.3, 0.4) is 0 Å². The van der Waals surface area contributed by atoms with E-state index in [1.807, 2.05) is 6.92 Å². The molecule has 0 aromatic carbocycles. The molecule has 0 radical (unpaired) electrons. The summed E-state index contributed by atoms with van der Waals surface area (Å²) in [6.07, 6.45) is 7.61. The van der Waals surface area contributed by atoms with Crippen LogP contribution >= 0.6 is 0 Å². The summed E-state index contributed by atoms with van der Waals surface area (Å²) < 4.78 is 2.48. The predicted molar refractivity (Wildman–Crippen MR) is 124 cm³/mol. The summed E-state index contributed by atoms with van der Waals surface area (Å²) in [5, 5.41) is 15.2. The molecular weight excluding hydrogens is 422 g/mol. The largest absolute Gasteiger partial charge is 0.367 e. The van der Waals surface area contributed by atoms with Crippen LogP contribution in [0.15, 0.2) is 52.4 Å². The second-order valence-electron chi connectivity index (χ2n) is 8.18. The van der Waals surface area contributed by atoms with Gasteiger partial charge in [-0.05, 0) is 50.5 Å². The van der Waals surface area contributed by atoms with E-state index in [0.717, 1.165) is 29.5 Å². The number of rotatable bonds is 5. The highest BCUT2D eigenvalue weighted by Crippen LogP contribution is 2.24. The van der Waals surface area contributed by atoms with Crippen molar-refractivity contribution in [3.63, 3.8) is 0 Å². The van der Waals surface area contributed by atoms with E-state index in [4.69, 9.17) is 0 Å². The van der Waals surface area contributed by atoms with Crippen LogP contribution in [0.25, 0.3) is 16.7 Å². The first-order chi connectivity index (χ1) is 16.0. The second kappa shape index (κ2) is 8.41. The van der Waals surface area contributed by atoms with E-state index in [2.05, 4.69) is 35.8 Å². The highest BCUT2D eigenvalue weighted by Gasteiger charge is 2.25. The maximum atomic E-state index is 12.9. The van der Waals surface area contributed by atoms with Gasteiger partial charge in [0.2, 0.25) is 5.95 Å². The molecule has 1 fully saturated rings. The second-order valence-corrected chi connectivity index (χ2v) is 8.18. The molecule has 0 amide bonds. The third-order valence-electron chi connectivity index (χ3n) is 5.82. The third-order valence-corrected chi connectivity index (χ3v) is 5.82. The van der Waals surface area contributed by atoms with Gasteiger partial charge in [0, 0.05) is 25.3 Å². The van der Waals surface area contributed by atoms with Gasteiger partial charge in [0.1, 0.15) is 11.5 Å². The summed E-state index contributed by atoms with van der Waals surface area (Å²) in [5.41, 5.74) is 0.659. The van der Waals surface area contributed by atoms with Gasteiger partial charge in [-0.15, -0.1) is 5.10 Å². The minimum atomic E-state index is -0.466. The number of nitrogens with one attached hydrogen (secondary N) is 2. The van der Waals surface area contributed by atoms with Gasteiger partial charge in [0.05, 0.1) is 29.2 Å². The molecule has 11 nitrogen and oxygen atoms in total. The predicted octanol–water partition coefficient (Wildman–Crippen LogP) is 1.42. The number of aryl methyl sites for hydroxylation is 2. The van der Waals surface area contributed by atoms with Crippen molar-refractivity contribution in [2.45, 2.75) is 38.3 Å². The SMILES string of the molecule is Cc1cnc(NC2CC[C@H](Nc3ccc(-n4c(=O)c5cccnc5n(C)c4=O)cn3)C2)nn1. The highest BCUT2D eigenvalue weighted by atomic mass is 16.2. The number of aromatic nitrogens is 7. The number of pyridine rings is 2. The summed E-state index contributed by atoms with van der Waals surface area (Å²) in [4.78, 5) is 38.6. The summed E-state index contributed by atoms with van der Waals surface area (Å²) in [6.45, 7) is 1.85. The first-order valence-corrected chi connectivity index (χ1v) is 10.7. The molecule has 11 heteroatoms. The Balaban J connectivity index is 1.30. The van der Waals surface area contributed by atoms with Crippen molar-refractivity contribution in [2.75, 3.05) is 10.6 Å². The Morgan fingerprint density at radius 2 is 1.79 bits per heavy atom. The van der Waals surface area contributed by atoms with Crippen molar-refractivity contribution in [1.29, 1.82) is 0 Å². The Labute approximate surface area is 188 Å². The van der Waals surface area contributed by atoms with E-state index in [1.54, 1.807) is 43.7 Å². The molecule has 0 bridgehead atoms. The fourth-order valence-electron chi connectivity index (χ4n) is 4.14. The molecule has 0 spiro atoms. The molecule has 1 aliphatic carbocycles. The van der Waals surface area contributed by atoms with Crippen LogP contribution in [0.1, 0.15) is 25.0 Å². The quantitative estimate of drug-likeness (QED) is 0.468. The van der Waals surface area contributed by atoms with E-state index in [0.29, 0.717) is 28.5 Å². The molecule has 2 atom stereocenters. The molecule has 4 heterocycles. The van der Waals surface area contributed by atoms with E-state index in [-0.39, 0.29) is 12.1 Å². The van der Waals surface area contributed by atoms with E-state index < -0.39 is 11.2 Å². The molecule has 33 heavy (non-hydrogen) atoms. The Hall–Kier alpha value is -4.15. The molecule has 4 aromatic rings. The topological polar surface area (TPSA) is 133 Å². The summed E-state index contributed by atoms with van der Waals surface area (Å²) in [5.74, 6) is 1.22. The number of anilines is 2. The number of nitrogens with zero attached hydrogens (tertiary/aromatic N) is 7. The first-order valence-electron chi connectivity index (χ1n) is 10.7. The summed E-state index contributed by atoms with van der Waals surface area (Å²) in [6, 6.07) is 7.32. The lowest BCUT2D eigenvalue weighted by Gasteiger charge is -2.15. The van der Waals surface area contributed by atoms with E-state index in [1.165, 1.54) is 10.8 Å². The van der Waals surface area contributed by atoms with E-state index in [9.17, 15) is 9.59 Å². The van der Waals surface area contributed by atoms with Crippen LogP contribution in [0.5, 0.6) is 0 Å². The average molecular weight is 445 g/mol. The number of hydrogen-bond donors (Lipinski definition) is 2. The van der Waals surface area contributed by atoms with Crippen LogP contribution in [-0.4, -0.2) is 46.4 Å². The van der Waals surface area contributed by atoms with Gasteiger partial charge >= 0.3 is 5.69 Å². The third kappa shape index (κ3) is 4.04. The van der Waals surface area contributed by atoms with Crippen molar-refractivity contribution >= 4 is 22.8 Å². The van der Waals surface area contributed by atoms with Crippen molar-refractivity contribution in [2.24, 2.45) is 7.05 Å². The van der Waals surface area contributed by atoms with Crippen LogP contribution in [-0.2, 0) is 7.05 Å². The lowest BCUT2D eigenvalue weighted by molar-refractivity contribution is 0.712. The van der Waals surface area contributed by atoms with Crippen LogP contribution in [0.2, 0.25) is 0 Å². The number of hydrogen-bond acceptors (Lipinski definition) is 9. The van der Waals surface area contributed by atoms with Gasteiger partial charge in [0.25, 0.3) is 5.56 Å². The first kappa shape index (κ1) is 20.7. The maximum Gasteiger partial charge on any atom is 0.337 e. The van der Waals surface area contributed by atoms with Crippen LogP contribution in [0, 0.1) is 6.92 Å².